The van der Waals surface area contributed by atoms with Crippen LogP contribution in [0.1, 0.15) is 61.4 Å². The van der Waals surface area contributed by atoms with Crippen LogP contribution in [0.5, 0.6) is 0 Å². The Kier molecular flexibility index (Phi) is 5.57. The number of hydrogen-bond acceptors (Lipinski definition) is 2. The van der Waals surface area contributed by atoms with E-state index in [0.717, 1.165) is 37.2 Å². The second-order valence-electron chi connectivity index (χ2n) is 7.57. The Morgan fingerprint density at radius 3 is 2.28 bits per heavy atom. The molecule has 1 N–H and O–H groups in total. The van der Waals surface area contributed by atoms with Crippen LogP contribution in [-0.4, -0.2) is 35.8 Å². The van der Waals surface area contributed by atoms with E-state index in [4.69, 9.17) is 0 Å². The molecule has 2 aliphatic rings. The molecule has 0 atom stereocenters. The predicted octanol–water partition coefficient (Wildman–Crippen LogP) is 3.63. The molecular weight excluding hydrogens is 312 g/mol. The fourth-order valence-electron chi connectivity index (χ4n) is 3.34. The third-order valence-electron chi connectivity index (χ3n) is 5.38. The van der Waals surface area contributed by atoms with E-state index in [9.17, 15) is 9.59 Å². The lowest BCUT2D eigenvalue weighted by Gasteiger charge is -2.33. The molecule has 1 aromatic rings. The first kappa shape index (κ1) is 17.7. The average molecular weight is 340 g/mol. The topological polar surface area (TPSA) is 49.4 Å². The third-order valence-corrected chi connectivity index (χ3v) is 5.38. The molecule has 2 fully saturated rings. The number of benzene rings is 1. The highest BCUT2D eigenvalue weighted by molar-refractivity contribution is 5.95. The van der Waals surface area contributed by atoms with Crippen molar-refractivity contribution in [3.63, 3.8) is 0 Å². The van der Waals surface area contributed by atoms with Crippen molar-refractivity contribution in [2.24, 2.45) is 5.92 Å². The van der Waals surface area contributed by atoms with Crippen molar-refractivity contribution in [2.45, 2.75) is 57.5 Å². The number of hydrogen-bond donors (Lipinski definition) is 1. The smallest absolute Gasteiger partial charge is 0.251 e. The zero-order valence-corrected chi connectivity index (χ0v) is 15.2. The van der Waals surface area contributed by atoms with Gasteiger partial charge in [-0.3, -0.25) is 9.59 Å². The van der Waals surface area contributed by atoms with Crippen molar-refractivity contribution >= 4 is 17.9 Å². The Morgan fingerprint density at radius 2 is 1.68 bits per heavy atom. The highest BCUT2D eigenvalue weighted by Gasteiger charge is 2.24. The van der Waals surface area contributed by atoms with Crippen molar-refractivity contribution in [1.82, 2.24) is 10.2 Å². The summed E-state index contributed by atoms with van der Waals surface area (Å²) in [6.45, 7) is 2.28. The van der Waals surface area contributed by atoms with Crippen LogP contribution < -0.4 is 5.32 Å². The van der Waals surface area contributed by atoms with Crippen LogP contribution in [0, 0.1) is 5.92 Å². The first-order valence-corrected chi connectivity index (χ1v) is 9.38. The first-order valence-electron chi connectivity index (χ1n) is 9.38. The summed E-state index contributed by atoms with van der Waals surface area (Å²) in [5.41, 5.74) is 1.60. The Balaban J connectivity index is 1.53. The standard InChI is InChI=1S/C21H28N2O2/c1-15-3-12-19(13-4-15)23(2)20(24)14-7-16-5-8-17(9-6-16)21(25)22-18-10-11-18/h5-9,14-15,18-19H,3-4,10-13H2,1-2H3,(H,22,25)/b14-7+. The Labute approximate surface area is 150 Å². The monoisotopic (exact) mass is 340 g/mol. The molecule has 3 rings (SSSR count). The Bertz CT molecular complexity index is 638. The van der Waals surface area contributed by atoms with Crippen LogP contribution >= 0.6 is 0 Å². The Morgan fingerprint density at radius 1 is 1.04 bits per heavy atom. The van der Waals surface area contributed by atoms with Gasteiger partial charge in [0.05, 0.1) is 0 Å². The summed E-state index contributed by atoms with van der Waals surface area (Å²) in [5, 5.41) is 2.98. The van der Waals surface area contributed by atoms with Gasteiger partial charge in [0.15, 0.2) is 0 Å². The van der Waals surface area contributed by atoms with E-state index in [0.29, 0.717) is 17.6 Å². The second-order valence-corrected chi connectivity index (χ2v) is 7.57. The number of amides is 2. The number of rotatable bonds is 5. The first-order chi connectivity index (χ1) is 12.0. The summed E-state index contributed by atoms with van der Waals surface area (Å²) >= 11 is 0. The lowest BCUT2D eigenvalue weighted by Crippen LogP contribution is -2.38. The molecule has 2 amide bonds. The summed E-state index contributed by atoms with van der Waals surface area (Å²) in [7, 11) is 1.90. The number of carbonyl (C=O) groups is 2. The summed E-state index contributed by atoms with van der Waals surface area (Å²) in [6, 6.07) is 8.12. The maximum Gasteiger partial charge on any atom is 0.251 e. The van der Waals surface area contributed by atoms with E-state index in [1.54, 1.807) is 6.08 Å². The van der Waals surface area contributed by atoms with E-state index in [1.165, 1.54) is 12.8 Å². The quantitative estimate of drug-likeness (QED) is 0.832. The average Bonchev–Trinajstić information content (AvgIpc) is 3.44. The third kappa shape index (κ3) is 4.94. The van der Waals surface area contributed by atoms with Crippen LogP contribution in [0.3, 0.4) is 0 Å². The molecule has 0 saturated heterocycles. The van der Waals surface area contributed by atoms with Crippen LogP contribution in [-0.2, 0) is 4.79 Å². The molecule has 0 bridgehead atoms. The van der Waals surface area contributed by atoms with Crippen molar-refractivity contribution in [3.8, 4) is 0 Å². The SMILES string of the molecule is CC1CCC(N(C)C(=O)/C=C/c2ccc(C(=O)NC3CC3)cc2)CC1. The minimum absolute atomic E-state index is 0.0135. The molecular formula is C21H28N2O2. The van der Waals surface area contributed by atoms with E-state index in [2.05, 4.69) is 12.2 Å². The maximum atomic E-state index is 12.4. The molecule has 0 spiro atoms. The summed E-state index contributed by atoms with van der Waals surface area (Å²) in [5.74, 6) is 0.821. The van der Waals surface area contributed by atoms with Gasteiger partial charge in [-0.2, -0.15) is 0 Å². The number of nitrogens with one attached hydrogen (secondary N) is 1. The normalized spacial score (nSPS) is 23.4. The molecule has 4 nitrogen and oxygen atoms in total. The largest absolute Gasteiger partial charge is 0.349 e. The molecule has 0 radical (unpaired) electrons. The lowest BCUT2D eigenvalue weighted by molar-refractivity contribution is -0.127. The van der Waals surface area contributed by atoms with E-state index in [1.807, 2.05) is 42.3 Å². The Hall–Kier alpha value is -2.10. The minimum atomic E-state index is -0.0135. The van der Waals surface area contributed by atoms with E-state index >= 15 is 0 Å². The van der Waals surface area contributed by atoms with Crippen molar-refractivity contribution in [2.75, 3.05) is 7.05 Å². The zero-order chi connectivity index (χ0) is 17.8. The van der Waals surface area contributed by atoms with Gasteiger partial charge in [-0.1, -0.05) is 19.1 Å². The number of likely N-dealkylation sites (N-methyl/N-ethyl adjacent to an activating group) is 1. The summed E-state index contributed by atoms with van der Waals surface area (Å²) in [4.78, 5) is 26.2. The molecule has 134 valence electrons. The summed E-state index contributed by atoms with van der Waals surface area (Å²) < 4.78 is 0. The van der Waals surface area contributed by atoms with Gasteiger partial charge in [-0.25, -0.2) is 0 Å². The van der Waals surface area contributed by atoms with Crippen LogP contribution in [0.4, 0.5) is 0 Å². The van der Waals surface area contributed by atoms with Crippen LogP contribution in [0.25, 0.3) is 6.08 Å². The maximum absolute atomic E-state index is 12.4. The van der Waals surface area contributed by atoms with Gasteiger partial charge in [0.1, 0.15) is 0 Å². The number of carbonyl (C=O) groups excluding carboxylic acids is 2. The molecule has 2 aliphatic carbocycles. The van der Waals surface area contributed by atoms with Gasteiger partial charge < -0.3 is 10.2 Å². The van der Waals surface area contributed by atoms with Crippen LogP contribution in [0.15, 0.2) is 30.3 Å². The predicted molar refractivity (Wildman–Crippen MR) is 100 cm³/mol. The molecule has 0 aromatic heterocycles. The lowest BCUT2D eigenvalue weighted by atomic mass is 9.87. The molecule has 1 aromatic carbocycles. The fourth-order valence-corrected chi connectivity index (χ4v) is 3.34. The zero-order valence-electron chi connectivity index (χ0n) is 15.2. The summed E-state index contributed by atoms with van der Waals surface area (Å²) in [6.07, 6.45) is 10.2. The van der Waals surface area contributed by atoms with Gasteiger partial charge in [-0.15, -0.1) is 0 Å². The van der Waals surface area contributed by atoms with E-state index < -0.39 is 0 Å². The highest BCUT2D eigenvalue weighted by atomic mass is 16.2. The molecule has 0 heterocycles. The molecule has 4 heteroatoms. The second kappa shape index (κ2) is 7.85. The van der Waals surface area contributed by atoms with Crippen molar-refractivity contribution in [3.05, 3.63) is 41.5 Å². The highest BCUT2D eigenvalue weighted by Crippen LogP contribution is 2.26. The van der Waals surface area contributed by atoms with Gasteiger partial charge in [0.2, 0.25) is 5.91 Å². The van der Waals surface area contributed by atoms with Crippen LogP contribution in [0.2, 0.25) is 0 Å². The van der Waals surface area contributed by atoms with Gasteiger partial charge in [-0.05, 0) is 68.2 Å². The molecule has 0 aliphatic heterocycles. The van der Waals surface area contributed by atoms with Gasteiger partial charge in [0.25, 0.3) is 5.91 Å². The fraction of sp³-hybridized carbons (Fsp3) is 0.524. The van der Waals surface area contributed by atoms with Crippen molar-refractivity contribution < 1.29 is 9.59 Å². The van der Waals surface area contributed by atoms with Crippen molar-refractivity contribution in [1.29, 1.82) is 0 Å². The minimum Gasteiger partial charge on any atom is -0.349 e. The van der Waals surface area contributed by atoms with E-state index in [-0.39, 0.29) is 11.8 Å². The van der Waals surface area contributed by atoms with Gasteiger partial charge >= 0.3 is 0 Å². The van der Waals surface area contributed by atoms with Gasteiger partial charge in [0, 0.05) is 30.8 Å². The molecule has 0 unspecified atom stereocenters. The molecule has 2 saturated carbocycles. The number of nitrogens with zero attached hydrogens (tertiary/aromatic N) is 1. The molecule has 25 heavy (non-hydrogen) atoms.